The molecule has 0 amide bonds. The number of aliphatic hydroxyl groups excluding tert-OH is 2. The van der Waals surface area contributed by atoms with Crippen LogP contribution < -0.4 is 0 Å². The van der Waals surface area contributed by atoms with Gasteiger partial charge in [0.1, 0.15) is 0 Å². The van der Waals surface area contributed by atoms with E-state index in [2.05, 4.69) is 40.7 Å². The molecule has 0 heterocycles. The summed E-state index contributed by atoms with van der Waals surface area (Å²) in [6, 6.07) is 0. The monoisotopic (exact) mass is 430 g/mol. The Labute approximate surface area is 192 Å². The molecule has 2 nitrogen and oxygen atoms in total. The van der Waals surface area contributed by atoms with Crippen molar-refractivity contribution in [3.63, 3.8) is 0 Å². The van der Waals surface area contributed by atoms with Crippen LogP contribution in [0, 0.1) is 52.3 Å². The molecule has 4 rings (SSSR count). The van der Waals surface area contributed by atoms with Crippen LogP contribution in [0.5, 0.6) is 0 Å². The summed E-state index contributed by atoms with van der Waals surface area (Å²) in [5.74, 6) is 5.43. The Kier molecular flexibility index (Phi) is 7.01. The number of allylic oxidation sites excluding steroid dienone is 1. The van der Waals surface area contributed by atoms with Gasteiger partial charge in [-0.15, -0.1) is 0 Å². The van der Waals surface area contributed by atoms with Gasteiger partial charge in [-0.2, -0.15) is 0 Å². The van der Waals surface area contributed by atoms with Crippen LogP contribution in [-0.2, 0) is 0 Å². The van der Waals surface area contributed by atoms with E-state index in [0.29, 0.717) is 29.3 Å². The standard InChI is InChI=1S/C29H50O2/c1-6-21(20(3)18-30)8-7-19(2)25-11-12-26-24-10-9-22-17-23(31)13-15-28(22,4)27(24)14-16-29(25,26)5/h9,19-21,23-27,30-31H,6-8,10-18H2,1-5H3/t19-,20-,21+,23+,24?,25-,26?,27?,28+,29-/m1/s1. The van der Waals surface area contributed by atoms with Crippen molar-refractivity contribution in [3.8, 4) is 0 Å². The summed E-state index contributed by atoms with van der Waals surface area (Å²) in [4.78, 5) is 0. The van der Waals surface area contributed by atoms with Crippen molar-refractivity contribution in [2.75, 3.05) is 6.61 Å². The molecule has 0 aromatic carbocycles. The second kappa shape index (κ2) is 9.13. The number of hydrogen-bond acceptors (Lipinski definition) is 2. The Morgan fingerprint density at radius 2 is 1.81 bits per heavy atom. The first-order valence-electron chi connectivity index (χ1n) is 13.7. The summed E-state index contributed by atoms with van der Waals surface area (Å²) in [5, 5.41) is 19.9. The van der Waals surface area contributed by atoms with Crippen LogP contribution in [0.2, 0.25) is 0 Å². The molecule has 4 aliphatic carbocycles. The highest BCUT2D eigenvalue weighted by Crippen LogP contribution is 2.67. The number of aliphatic hydroxyl groups is 2. The predicted octanol–water partition coefficient (Wildman–Crippen LogP) is 7.00. The molecule has 2 N–H and O–H groups in total. The van der Waals surface area contributed by atoms with Crippen molar-refractivity contribution in [1.29, 1.82) is 0 Å². The van der Waals surface area contributed by atoms with E-state index in [1.807, 2.05) is 0 Å². The van der Waals surface area contributed by atoms with E-state index >= 15 is 0 Å². The van der Waals surface area contributed by atoms with Crippen LogP contribution in [0.4, 0.5) is 0 Å². The number of hydrogen-bond donors (Lipinski definition) is 2. The molecular weight excluding hydrogens is 380 g/mol. The zero-order valence-corrected chi connectivity index (χ0v) is 21.1. The van der Waals surface area contributed by atoms with Crippen molar-refractivity contribution >= 4 is 0 Å². The quantitative estimate of drug-likeness (QED) is 0.427. The fraction of sp³-hybridized carbons (Fsp3) is 0.931. The third kappa shape index (κ3) is 4.07. The molecule has 2 heteroatoms. The molecule has 0 bridgehead atoms. The minimum Gasteiger partial charge on any atom is -0.396 e. The molecule has 31 heavy (non-hydrogen) atoms. The molecule has 10 atom stereocenters. The van der Waals surface area contributed by atoms with Gasteiger partial charge in [0.25, 0.3) is 0 Å². The van der Waals surface area contributed by atoms with Gasteiger partial charge in [0.15, 0.2) is 0 Å². The van der Waals surface area contributed by atoms with E-state index in [1.165, 1.54) is 57.8 Å². The molecule has 0 aromatic rings. The second-order valence-corrected chi connectivity index (χ2v) is 12.8. The van der Waals surface area contributed by atoms with Gasteiger partial charge < -0.3 is 10.2 Å². The maximum atomic E-state index is 10.2. The van der Waals surface area contributed by atoms with Crippen molar-refractivity contribution < 1.29 is 10.2 Å². The molecule has 3 unspecified atom stereocenters. The fourth-order valence-corrected chi connectivity index (χ4v) is 9.34. The Balaban J connectivity index is 1.46. The Bertz CT molecular complexity index is 655. The first-order valence-corrected chi connectivity index (χ1v) is 13.7. The Morgan fingerprint density at radius 3 is 2.52 bits per heavy atom. The maximum absolute atomic E-state index is 10.2. The van der Waals surface area contributed by atoms with Crippen molar-refractivity contribution in [2.24, 2.45) is 52.3 Å². The van der Waals surface area contributed by atoms with Gasteiger partial charge in [-0.3, -0.25) is 0 Å². The highest BCUT2D eigenvalue weighted by atomic mass is 16.3. The zero-order valence-electron chi connectivity index (χ0n) is 21.1. The average Bonchev–Trinajstić information content (AvgIpc) is 3.11. The van der Waals surface area contributed by atoms with E-state index in [-0.39, 0.29) is 6.10 Å². The molecule has 0 aliphatic heterocycles. The molecule has 0 spiro atoms. The highest BCUT2D eigenvalue weighted by molar-refractivity contribution is 5.25. The molecule has 4 aliphatic rings. The summed E-state index contributed by atoms with van der Waals surface area (Å²) < 4.78 is 0. The summed E-state index contributed by atoms with van der Waals surface area (Å²) in [6.45, 7) is 12.6. The molecule has 0 aromatic heterocycles. The van der Waals surface area contributed by atoms with Crippen molar-refractivity contribution in [3.05, 3.63) is 11.6 Å². The van der Waals surface area contributed by atoms with Gasteiger partial charge in [-0.1, -0.05) is 59.1 Å². The fourth-order valence-electron chi connectivity index (χ4n) is 9.34. The maximum Gasteiger partial charge on any atom is 0.0577 e. The smallest absolute Gasteiger partial charge is 0.0577 e. The number of fused-ring (bicyclic) bond motifs is 5. The van der Waals surface area contributed by atoms with Gasteiger partial charge in [0.05, 0.1) is 6.10 Å². The Morgan fingerprint density at radius 1 is 1.03 bits per heavy atom. The lowest BCUT2D eigenvalue weighted by atomic mass is 9.47. The van der Waals surface area contributed by atoms with Gasteiger partial charge in [-0.05, 0) is 110 Å². The van der Waals surface area contributed by atoms with Crippen LogP contribution in [0.15, 0.2) is 11.6 Å². The lowest BCUT2D eigenvalue weighted by Crippen LogP contribution is -2.50. The van der Waals surface area contributed by atoms with Crippen molar-refractivity contribution in [1.82, 2.24) is 0 Å². The largest absolute Gasteiger partial charge is 0.396 e. The van der Waals surface area contributed by atoms with Gasteiger partial charge in [-0.25, -0.2) is 0 Å². The summed E-state index contributed by atoms with van der Waals surface area (Å²) in [6.07, 6.45) is 16.4. The first kappa shape index (κ1) is 23.8. The summed E-state index contributed by atoms with van der Waals surface area (Å²) in [5.41, 5.74) is 2.49. The molecule has 3 saturated carbocycles. The van der Waals surface area contributed by atoms with Gasteiger partial charge in [0, 0.05) is 6.61 Å². The van der Waals surface area contributed by atoms with E-state index in [4.69, 9.17) is 0 Å². The van der Waals surface area contributed by atoms with E-state index in [0.717, 1.165) is 42.4 Å². The predicted molar refractivity (Wildman–Crippen MR) is 130 cm³/mol. The van der Waals surface area contributed by atoms with Crippen LogP contribution in [0.1, 0.15) is 105 Å². The molecule has 0 saturated heterocycles. The summed E-state index contributed by atoms with van der Waals surface area (Å²) >= 11 is 0. The SMILES string of the molecule is CC[C@@H](CC[C@@H](C)[C@H]1CCC2C3CC=C4C[C@@H](O)CC[C@]4(C)C3CC[C@@]21C)[C@H](C)CO. The van der Waals surface area contributed by atoms with Gasteiger partial charge in [0.2, 0.25) is 0 Å². The van der Waals surface area contributed by atoms with E-state index in [9.17, 15) is 10.2 Å². The lowest BCUT2D eigenvalue weighted by Gasteiger charge is -2.58. The molecule has 0 radical (unpaired) electrons. The van der Waals surface area contributed by atoms with Crippen LogP contribution in [0.25, 0.3) is 0 Å². The van der Waals surface area contributed by atoms with E-state index < -0.39 is 0 Å². The molecular formula is C29H50O2. The average molecular weight is 431 g/mol. The molecule has 178 valence electrons. The third-order valence-corrected chi connectivity index (χ3v) is 11.4. The topological polar surface area (TPSA) is 40.5 Å². The minimum absolute atomic E-state index is 0.0954. The molecule has 3 fully saturated rings. The van der Waals surface area contributed by atoms with Gasteiger partial charge >= 0.3 is 0 Å². The van der Waals surface area contributed by atoms with E-state index in [1.54, 1.807) is 5.57 Å². The minimum atomic E-state index is -0.0954. The summed E-state index contributed by atoms with van der Waals surface area (Å²) in [7, 11) is 0. The zero-order chi connectivity index (χ0) is 22.4. The van der Waals surface area contributed by atoms with Crippen molar-refractivity contribution in [2.45, 2.75) is 111 Å². The van der Waals surface area contributed by atoms with Crippen LogP contribution >= 0.6 is 0 Å². The normalized spacial score (nSPS) is 45.1. The lowest BCUT2D eigenvalue weighted by molar-refractivity contribution is -0.0576. The second-order valence-electron chi connectivity index (χ2n) is 12.8. The third-order valence-electron chi connectivity index (χ3n) is 11.4. The first-order chi connectivity index (χ1) is 14.7. The highest BCUT2D eigenvalue weighted by Gasteiger charge is 2.59. The van der Waals surface area contributed by atoms with Crippen LogP contribution in [0.3, 0.4) is 0 Å². The Hall–Kier alpha value is -0.340. The number of rotatable bonds is 7. The van der Waals surface area contributed by atoms with Crippen LogP contribution in [-0.4, -0.2) is 22.9 Å².